The van der Waals surface area contributed by atoms with Crippen LogP contribution in [0.1, 0.15) is 22.3 Å². The van der Waals surface area contributed by atoms with E-state index in [0.717, 1.165) is 44.9 Å². The Labute approximate surface area is 283 Å². The lowest BCUT2D eigenvalue weighted by atomic mass is 9.67. The molecule has 7 aromatic carbocycles. The van der Waals surface area contributed by atoms with E-state index >= 15 is 0 Å². The first-order valence-electron chi connectivity index (χ1n) is 16.3. The first kappa shape index (κ1) is 27.3. The zero-order chi connectivity index (χ0) is 31.8. The van der Waals surface area contributed by atoms with E-state index in [1.165, 1.54) is 43.2 Å². The van der Waals surface area contributed by atoms with E-state index in [1.807, 2.05) is 23.9 Å². The molecule has 8 aromatic rings. The summed E-state index contributed by atoms with van der Waals surface area (Å²) in [7, 11) is 0. The summed E-state index contributed by atoms with van der Waals surface area (Å²) in [5.74, 6) is 0.933. The van der Waals surface area contributed by atoms with Gasteiger partial charge in [0.25, 0.3) is 0 Å². The van der Waals surface area contributed by atoms with Gasteiger partial charge in [0.15, 0.2) is 0 Å². The van der Waals surface area contributed by atoms with E-state index in [9.17, 15) is 0 Å². The van der Waals surface area contributed by atoms with Crippen molar-refractivity contribution in [1.29, 1.82) is 0 Å². The minimum atomic E-state index is -0.484. The number of benzene rings is 7. The van der Waals surface area contributed by atoms with Crippen LogP contribution in [0.3, 0.4) is 0 Å². The van der Waals surface area contributed by atoms with Crippen molar-refractivity contribution in [1.82, 2.24) is 9.55 Å². The molecule has 2 N–H and O–H groups in total. The average Bonchev–Trinajstić information content (AvgIpc) is 3.67. The van der Waals surface area contributed by atoms with Crippen molar-refractivity contribution in [2.45, 2.75) is 15.2 Å². The van der Waals surface area contributed by atoms with Crippen LogP contribution in [0.4, 0.5) is 5.69 Å². The lowest BCUT2D eigenvalue weighted by Crippen LogP contribution is -2.32. The maximum atomic E-state index is 6.11. The second-order valence-electron chi connectivity index (χ2n) is 12.6. The molecular formula is C44H29N3S. The summed E-state index contributed by atoms with van der Waals surface area (Å²) >= 11 is 1.87. The predicted octanol–water partition coefficient (Wildman–Crippen LogP) is 10.8. The van der Waals surface area contributed by atoms with Crippen molar-refractivity contribution in [2.75, 3.05) is 5.73 Å². The van der Waals surface area contributed by atoms with Gasteiger partial charge in [-0.2, -0.15) is 0 Å². The van der Waals surface area contributed by atoms with Crippen LogP contribution in [0.5, 0.6) is 0 Å². The van der Waals surface area contributed by atoms with Crippen molar-refractivity contribution in [3.63, 3.8) is 0 Å². The Morgan fingerprint density at radius 1 is 0.521 bits per heavy atom. The molecule has 1 aliphatic carbocycles. The molecule has 1 aliphatic heterocycles. The third-order valence-electron chi connectivity index (χ3n) is 10.0. The van der Waals surface area contributed by atoms with Crippen LogP contribution in [0.2, 0.25) is 0 Å². The molecule has 10 rings (SSSR count). The fourth-order valence-electron chi connectivity index (χ4n) is 8.03. The highest BCUT2D eigenvalue weighted by Crippen LogP contribution is 2.63. The Morgan fingerprint density at radius 2 is 1.17 bits per heavy atom. The van der Waals surface area contributed by atoms with E-state index in [4.69, 9.17) is 10.7 Å². The van der Waals surface area contributed by atoms with Gasteiger partial charge in [-0.1, -0.05) is 127 Å². The van der Waals surface area contributed by atoms with Gasteiger partial charge < -0.3 is 5.73 Å². The molecule has 2 heterocycles. The number of nitrogens with two attached hydrogens (primary N) is 1. The third-order valence-corrected chi connectivity index (χ3v) is 11.2. The zero-order valence-electron chi connectivity index (χ0n) is 26.0. The number of rotatable bonds is 3. The number of anilines is 1. The van der Waals surface area contributed by atoms with Gasteiger partial charge in [0, 0.05) is 26.6 Å². The summed E-state index contributed by atoms with van der Waals surface area (Å²) in [5.41, 5.74) is 20.7. The van der Waals surface area contributed by atoms with E-state index in [1.54, 1.807) is 0 Å². The molecule has 1 spiro atoms. The summed E-state index contributed by atoms with van der Waals surface area (Å²) in [6.45, 7) is 0. The van der Waals surface area contributed by atoms with Gasteiger partial charge in [0.05, 0.1) is 22.1 Å². The number of fused-ring (bicyclic) bond motifs is 10. The van der Waals surface area contributed by atoms with Crippen LogP contribution >= 0.6 is 11.8 Å². The Bertz CT molecular complexity index is 2500. The quantitative estimate of drug-likeness (QED) is 0.197. The Hall–Kier alpha value is -5.84. The highest BCUT2D eigenvalue weighted by molar-refractivity contribution is 7.99. The van der Waals surface area contributed by atoms with Crippen molar-refractivity contribution >= 4 is 28.5 Å². The maximum Gasteiger partial charge on any atom is 0.145 e. The summed E-state index contributed by atoms with van der Waals surface area (Å²) in [6.07, 6.45) is 0. The molecule has 0 radical (unpaired) electrons. The minimum absolute atomic E-state index is 0.484. The van der Waals surface area contributed by atoms with Crippen molar-refractivity contribution in [3.05, 3.63) is 186 Å². The highest BCUT2D eigenvalue weighted by Gasteiger charge is 2.51. The van der Waals surface area contributed by atoms with Crippen LogP contribution in [0.15, 0.2) is 174 Å². The number of nitrogens with zero attached hydrogens (tertiary/aromatic N) is 2. The van der Waals surface area contributed by atoms with E-state index in [0.29, 0.717) is 0 Å². The smallest absolute Gasteiger partial charge is 0.145 e. The summed E-state index contributed by atoms with van der Waals surface area (Å²) in [6, 6.07) is 59.1. The van der Waals surface area contributed by atoms with Crippen molar-refractivity contribution in [3.8, 4) is 39.3 Å². The Balaban J connectivity index is 1.36. The first-order valence-corrected chi connectivity index (χ1v) is 17.1. The average molecular weight is 632 g/mol. The molecule has 0 fully saturated rings. The predicted molar refractivity (Wildman–Crippen MR) is 198 cm³/mol. The first-order chi connectivity index (χ1) is 23.7. The molecule has 1 aromatic heterocycles. The van der Waals surface area contributed by atoms with E-state index < -0.39 is 5.41 Å². The monoisotopic (exact) mass is 631 g/mol. The molecule has 4 heteroatoms. The normalized spacial score (nSPS) is 13.6. The van der Waals surface area contributed by atoms with Gasteiger partial charge in [-0.15, -0.1) is 0 Å². The maximum absolute atomic E-state index is 6.11. The van der Waals surface area contributed by atoms with E-state index in [-0.39, 0.29) is 0 Å². The van der Waals surface area contributed by atoms with Crippen molar-refractivity contribution in [2.24, 2.45) is 0 Å². The molecule has 0 atom stereocenters. The Kier molecular flexibility index (Phi) is 5.87. The summed E-state index contributed by atoms with van der Waals surface area (Å²) in [5, 5.41) is 0. The number of imidazole rings is 1. The third kappa shape index (κ3) is 3.75. The van der Waals surface area contributed by atoms with Gasteiger partial charge in [0.1, 0.15) is 5.82 Å². The van der Waals surface area contributed by atoms with Gasteiger partial charge >= 0.3 is 0 Å². The number of hydrogen-bond donors (Lipinski definition) is 1. The molecule has 3 nitrogen and oxygen atoms in total. The topological polar surface area (TPSA) is 43.8 Å². The number of hydrogen-bond acceptors (Lipinski definition) is 3. The molecule has 0 saturated carbocycles. The van der Waals surface area contributed by atoms with Crippen LogP contribution in [0, 0.1) is 0 Å². The second kappa shape index (κ2) is 10.3. The fourth-order valence-corrected chi connectivity index (χ4v) is 9.22. The van der Waals surface area contributed by atoms with E-state index in [2.05, 4.69) is 156 Å². The molecule has 0 bridgehead atoms. The molecule has 0 unspecified atom stereocenters. The summed E-state index contributed by atoms with van der Waals surface area (Å²) in [4.78, 5) is 7.82. The molecular weight excluding hydrogens is 603 g/mol. The van der Waals surface area contributed by atoms with Crippen LogP contribution < -0.4 is 5.73 Å². The van der Waals surface area contributed by atoms with Gasteiger partial charge in [-0.05, 0) is 87.5 Å². The lowest BCUT2D eigenvalue weighted by molar-refractivity contribution is 0.722. The molecule has 2 aliphatic rings. The second-order valence-corrected chi connectivity index (χ2v) is 13.6. The number of para-hydroxylation sites is 2. The Morgan fingerprint density at radius 3 is 1.94 bits per heavy atom. The van der Waals surface area contributed by atoms with Gasteiger partial charge in [-0.3, -0.25) is 4.57 Å². The minimum Gasteiger partial charge on any atom is -0.399 e. The van der Waals surface area contributed by atoms with Crippen LogP contribution in [0.25, 0.3) is 50.4 Å². The zero-order valence-corrected chi connectivity index (χ0v) is 26.8. The number of nitrogen functional groups attached to an aromatic ring is 1. The van der Waals surface area contributed by atoms with Crippen molar-refractivity contribution < 1.29 is 0 Å². The summed E-state index contributed by atoms with van der Waals surface area (Å²) < 4.78 is 2.37. The molecule has 0 amide bonds. The molecule has 48 heavy (non-hydrogen) atoms. The SMILES string of the molecule is Nc1ccc(-c2ccc3c(c2)-c2c(-n4c(-c5ccccc5)nc5ccccc54)cccc2C32c3ccccc3Sc3ccccc32)cc1. The van der Waals surface area contributed by atoms with Gasteiger partial charge in [0.2, 0.25) is 0 Å². The van der Waals surface area contributed by atoms with Crippen LogP contribution in [-0.2, 0) is 5.41 Å². The molecule has 0 saturated heterocycles. The van der Waals surface area contributed by atoms with Crippen LogP contribution in [-0.4, -0.2) is 9.55 Å². The number of aromatic nitrogens is 2. The lowest BCUT2D eigenvalue weighted by Gasteiger charge is -2.39. The van der Waals surface area contributed by atoms with Gasteiger partial charge in [-0.25, -0.2) is 4.98 Å². The highest BCUT2D eigenvalue weighted by atomic mass is 32.2. The molecule has 226 valence electrons. The largest absolute Gasteiger partial charge is 0.399 e. The fraction of sp³-hybridized carbons (Fsp3) is 0.0227. The standard InChI is InChI=1S/C44H29N3S/c45-31-24-21-28(22-25-31)30-23-26-33-32(27-30)42-36(44(33)34-13-4-8-19-40(34)48-41-20-9-5-14-35(41)44)15-10-18-39(42)47-38-17-7-6-16-37(38)46-43(47)29-11-2-1-3-12-29/h1-27H,45H2.